The van der Waals surface area contributed by atoms with Gasteiger partial charge in [-0.15, -0.1) is 0 Å². The van der Waals surface area contributed by atoms with Gasteiger partial charge in [-0.25, -0.2) is 4.39 Å². The molecule has 0 saturated carbocycles. The average Bonchev–Trinajstić information content (AvgIpc) is 2.91. The molecular weight excluding hydrogens is 417 g/mol. The number of phenols is 1. The highest BCUT2D eigenvalue weighted by molar-refractivity contribution is 7.91. The lowest BCUT2D eigenvalue weighted by atomic mass is 9.83. The molecule has 156 valence electrons. The molecular formula is C20H23ClFN3O3S. The zero-order chi connectivity index (χ0) is 20.8. The van der Waals surface area contributed by atoms with Crippen LogP contribution in [0.25, 0.3) is 0 Å². The van der Waals surface area contributed by atoms with Gasteiger partial charge in [0.15, 0.2) is 0 Å². The van der Waals surface area contributed by atoms with E-state index >= 15 is 0 Å². The molecule has 2 heterocycles. The number of likely N-dealkylation sites (tertiary alicyclic amines) is 1. The van der Waals surface area contributed by atoms with Crippen molar-refractivity contribution in [1.29, 1.82) is 0 Å². The van der Waals surface area contributed by atoms with Crippen LogP contribution in [0.5, 0.6) is 5.75 Å². The van der Waals surface area contributed by atoms with Crippen molar-refractivity contribution in [2.45, 2.75) is 37.9 Å². The van der Waals surface area contributed by atoms with Gasteiger partial charge >= 0.3 is 10.2 Å². The van der Waals surface area contributed by atoms with Crippen LogP contribution < -0.4 is 9.03 Å². The third-order valence-corrected chi connectivity index (χ3v) is 7.75. The Morgan fingerprint density at radius 2 is 2.10 bits per heavy atom. The van der Waals surface area contributed by atoms with E-state index in [1.54, 1.807) is 18.2 Å². The molecule has 0 amide bonds. The molecule has 2 atom stereocenters. The topological polar surface area (TPSA) is 72.9 Å². The van der Waals surface area contributed by atoms with E-state index in [9.17, 15) is 17.9 Å². The van der Waals surface area contributed by atoms with Crippen LogP contribution in [-0.4, -0.2) is 43.1 Å². The summed E-state index contributed by atoms with van der Waals surface area (Å²) in [5, 5.41) is 9.92. The smallest absolute Gasteiger partial charge is 0.302 e. The molecule has 2 aliphatic heterocycles. The standard InChI is InChI=1S/C20H23ClFN3O3S/c1-14-11-20(7-8-24(14)12-15-5-6-19(26)18(21)9-15)13-23-29(27,28)25(20)17-4-2-3-16(22)10-17/h2-6,9-10,14,23,26H,7-8,11-13H2,1H3. The number of rotatable bonds is 3. The normalized spacial score (nSPS) is 26.9. The van der Waals surface area contributed by atoms with E-state index in [0.717, 1.165) is 5.56 Å². The van der Waals surface area contributed by atoms with E-state index in [2.05, 4.69) is 16.5 Å². The first-order valence-corrected chi connectivity index (χ1v) is 11.3. The van der Waals surface area contributed by atoms with Crippen LogP contribution in [0.4, 0.5) is 10.1 Å². The summed E-state index contributed by atoms with van der Waals surface area (Å²) in [5.74, 6) is -0.413. The van der Waals surface area contributed by atoms with Crippen LogP contribution in [0.15, 0.2) is 42.5 Å². The van der Waals surface area contributed by atoms with Gasteiger partial charge in [0.25, 0.3) is 0 Å². The number of nitrogens with zero attached hydrogens (tertiary/aromatic N) is 2. The maximum absolute atomic E-state index is 13.8. The molecule has 4 rings (SSSR count). The van der Waals surface area contributed by atoms with Crippen LogP contribution in [0.1, 0.15) is 25.3 Å². The molecule has 2 unspecified atom stereocenters. The van der Waals surface area contributed by atoms with Gasteiger partial charge in [-0.3, -0.25) is 9.21 Å². The van der Waals surface area contributed by atoms with E-state index in [-0.39, 0.29) is 11.8 Å². The van der Waals surface area contributed by atoms with Crippen molar-refractivity contribution in [1.82, 2.24) is 9.62 Å². The molecule has 6 nitrogen and oxygen atoms in total. The van der Waals surface area contributed by atoms with Crippen molar-refractivity contribution in [2.24, 2.45) is 0 Å². The van der Waals surface area contributed by atoms with Crippen LogP contribution in [0, 0.1) is 5.82 Å². The molecule has 0 aliphatic carbocycles. The SMILES string of the molecule is CC1CC2(CCN1Cc1ccc(O)c(Cl)c1)CNS(=O)(=O)N2c1cccc(F)c1. The van der Waals surface area contributed by atoms with Gasteiger partial charge in [0.05, 0.1) is 16.2 Å². The number of nitrogens with one attached hydrogen (secondary N) is 1. The van der Waals surface area contributed by atoms with Gasteiger partial charge in [0.1, 0.15) is 11.6 Å². The third-order valence-electron chi connectivity index (χ3n) is 5.86. The van der Waals surface area contributed by atoms with Crippen molar-refractivity contribution < 1.29 is 17.9 Å². The molecule has 29 heavy (non-hydrogen) atoms. The number of piperidine rings is 1. The monoisotopic (exact) mass is 439 g/mol. The van der Waals surface area contributed by atoms with E-state index in [0.29, 0.717) is 43.2 Å². The lowest BCUT2D eigenvalue weighted by molar-refractivity contribution is 0.106. The zero-order valence-electron chi connectivity index (χ0n) is 16.0. The van der Waals surface area contributed by atoms with Crippen molar-refractivity contribution >= 4 is 27.5 Å². The second-order valence-electron chi connectivity index (χ2n) is 7.85. The second-order valence-corrected chi connectivity index (χ2v) is 9.87. The fourth-order valence-corrected chi connectivity index (χ4v) is 6.36. The lowest BCUT2D eigenvalue weighted by Gasteiger charge is -2.47. The van der Waals surface area contributed by atoms with Gasteiger partial charge in [-0.1, -0.05) is 23.7 Å². The van der Waals surface area contributed by atoms with Gasteiger partial charge < -0.3 is 5.11 Å². The van der Waals surface area contributed by atoms with Crippen molar-refractivity contribution in [3.8, 4) is 5.75 Å². The van der Waals surface area contributed by atoms with Gasteiger partial charge in [-0.2, -0.15) is 13.1 Å². The summed E-state index contributed by atoms with van der Waals surface area (Å²) in [6.07, 6.45) is 1.23. The number of hydrogen-bond acceptors (Lipinski definition) is 4. The van der Waals surface area contributed by atoms with Crippen molar-refractivity contribution in [3.05, 3.63) is 58.9 Å². The molecule has 1 spiro atoms. The molecule has 0 radical (unpaired) electrons. The summed E-state index contributed by atoms with van der Waals surface area (Å²) in [5.41, 5.74) is 0.700. The minimum atomic E-state index is -3.72. The van der Waals surface area contributed by atoms with Gasteiger partial charge in [0.2, 0.25) is 0 Å². The molecule has 2 aliphatic rings. The summed E-state index contributed by atoms with van der Waals surface area (Å²) in [6.45, 7) is 3.70. The van der Waals surface area contributed by atoms with E-state index in [1.165, 1.54) is 22.5 Å². The fourth-order valence-electron chi connectivity index (χ4n) is 4.45. The highest BCUT2D eigenvalue weighted by Crippen LogP contribution is 2.41. The predicted octanol–water partition coefficient (Wildman–Crippen LogP) is 3.26. The number of aromatic hydroxyl groups is 1. The maximum Gasteiger partial charge on any atom is 0.302 e. The Morgan fingerprint density at radius 3 is 2.79 bits per heavy atom. The Balaban J connectivity index is 1.57. The summed E-state index contributed by atoms with van der Waals surface area (Å²) in [4.78, 5) is 2.27. The quantitative estimate of drug-likeness (QED) is 0.770. The first-order chi connectivity index (χ1) is 13.7. The number of benzene rings is 2. The molecule has 0 aromatic heterocycles. The minimum absolute atomic E-state index is 0.0500. The Bertz CT molecular complexity index is 1040. The first kappa shape index (κ1) is 20.4. The molecule has 0 bridgehead atoms. The summed E-state index contributed by atoms with van der Waals surface area (Å²) < 4.78 is 43.3. The average molecular weight is 440 g/mol. The lowest BCUT2D eigenvalue weighted by Crippen LogP contribution is -2.57. The Hall–Kier alpha value is -1.87. The molecule has 2 aromatic rings. The molecule has 2 aromatic carbocycles. The van der Waals surface area contributed by atoms with Crippen LogP contribution in [0.2, 0.25) is 5.02 Å². The third kappa shape index (κ3) is 3.82. The number of anilines is 1. The number of hydrogen-bond donors (Lipinski definition) is 2. The second kappa shape index (κ2) is 7.43. The molecule has 2 fully saturated rings. The fraction of sp³-hybridized carbons (Fsp3) is 0.400. The summed E-state index contributed by atoms with van der Waals surface area (Å²) >= 11 is 6.02. The Labute approximate surface area is 175 Å². The summed E-state index contributed by atoms with van der Waals surface area (Å²) in [6, 6.07) is 11.0. The highest BCUT2D eigenvalue weighted by atomic mass is 35.5. The minimum Gasteiger partial charge on any atom is -0.506 e. The van der Waals surface area contributed by atoms with Crippen LogP contribution in [-0.2, 0) is 16.8 Å². The first-order valence-electron chi connectivity index (χ1n) is 9.47. The summed E-state index contributed by atoms with van der Waals surface area (Å²) in [7, 11) is -3.72. The Kier molecular flexibility index (Phi) is 5.23. The van der Waals surface area contributed by atoms with Gasteiger partial charge in [0, 0.05) is 25.7 Å². The molecule has 2 N–H and O–H groups in total. The zero-order valence-corrected chi connectivity index (χ0v) is 17.5. The van der Waals surface area contributed by atoms with E-state index < -0.39 is 21.6 Å². The largest absolute Gasteiger partial charge is 0.506 e. The van der Waals surface area contributed by atoms with Crippen LogP contribution >= 0.6 is 11.6 Å². The van der Waals surface area contributed by atoms with Crippen molar-refractivity contribution in [3.63, 3.8) is 0 Å². The predicted molar refractivity (Wildman–Crippen MR) is 111 cm³/mol. The van der Waals surface area contributed by atoms with Crippen LogP contribution in [0.3, 0.4) is 0 Å². The van der Waals surface area contributed by atoms with Gasteiger partial charge in [-0.05, 0) is 55.7 Å². The maximum atomic E-state index is 13.8. The molecule has 9 heteroatoms. The highest BCUT2D eigenvalue weighted by Gasteiger charge is 2.52. The van der Waals surface area contributed by atoms with E-state index in [1.807, 2.05) is 6.07 Å². The van der Waals surface area contributed by atoms with Crippen molar-refractivity contribution in [2.75, 3.05) is 17.4 Å². The van der Waals surface area contributed by atoms with E-state index in [4.69, 9.17) is 11.6 Å². The molecule has 2 saturated heterocycles. The number of halogens is 2. The number of phenolic OH excluding ortho intramolecular Hbond substituents is 1. The Morgan fingerprint density at radius 1 is 1.31 bits per heavy atom.